The summed E-state index contributed by atoms with van der Waals surface area (Å²) < 4.78 is 40.4. The topological polar surface area (TPSA) is 53.7 Å². The number of imidazole rings is 1. The van der Waals surface area contributed by atoms with Gasteiger partial charge < -0.3 is 9.30 Å². The molecule has 0 saturated carbocycles. The third-order valence-corrected chi connectivity index (χ3v) is 5.64. The Morgan fingerprint density at radius 3 is 2.61 bits per heavy atom. The average molecular weight is 431 g/mol. The third-order valence-electron chi connectivity index (χ3n) is 5.64. The van der Waals surface area contributed by atoms with Crippen LogP contribution in [0.2, 0.25) is 0 Å². The number of carbonyl (C=O) groups is 1. The molecular formula is C22H24F3N5O. The molecule has 3 heterocycles. The van der Waals surface area contributed by atoms with Crippen LogP contribution < -0.4 is 0 Å². The highest BCUT2D eigenvalue weighted by molar-refractivity contribution is 5.73. The smallest absolute Gasteiger partial charge is 0.341 e. The van der Waals surface area contributed by atoms with Crippen LogP contribution in [0.4, 0.5) is 13.2 Å². The minimum absolute atomic E-state index is 0.0272. The van der Waals surface area contributed by atoms with Gasteiger partial charge in [-0.25, -0.2) is 4.98 Å². The molecule has 1 aromatic carbocycles. The van der Waals surface area contributed by atoms with Gasteiger partial charge in [0.1, 0.15) is 0 Å². The molecule has 2 aromatic heterocycles. The minimum Gasteiger partial charge on any atom is -0.341 e. The lowest BCUT2D eigenvalue weighted by Crippen LogP contribution is -2.34. The number of benzene rings is 1. The monoisotopic (exact) mass is 431 g/mol. The number of aromatic nitrogens is 3. The molecule has 6 nitrogen and oxygen atoms in total. The van der Waals surface area contributed by atoms with Crippen molar-refractivity contribution in [2.24, 2.45) is 5.92 Å². The van der Waals surface area contributed by atoms with Gasteiger partial charge in [0, 0.05) is 58.2 Å². The van der Waals surface area contributed by atoms with Crippen LogP contribution in [-0.2, 0) is 23.9 Å². The fraction of sp³-hybridized carbons (Fsp3) is 0.409. The first kappa shape index (κ1) is 21.3. The van der Waals surface area contributed by atoms with Gasteiger partial charge in [-0.05, 0) is 30.0 Å². The van der Waals surface area contributed by atoms with Crippen molar-refractivity contribution in [1.82, 2.24) is 24.2 Å². The van der Waals surface area contributed by atoms with Gasteiger partial charge in [0.05, 0.1) is 17.5 Å². The van der Waals surface area contributed by atoms with Crippen LogP contribution in [0.25, 0.3) is 5.65 Å². The van der Waals surface area contributed by atoms with Crippen LogP contribution in [0.15, 0.2) is 49.1 Å². The van der Waals surface area contributed by atoms with E-state index in [1.54, 1.807) is 19.3 Å². The maximum atomic E-state index is 12.8. The molecule has 1 aliphatic heterocycles. The van der Waals surface area contributed by atoms with E-state index in [0.717, 1.165) is 35.6 Å². The van der Waals surface area contributed by atoms with Crippen molar-refractivity contribution in [2.75, 3.05) is 26.2 Å². The van der Waals surface area contributed by atoms with E-state index >= 15 is 0 Å². The molecule has 1 saturated heterocycles. The van der Waals surface area contributed by atoms with Gasteiger partial charge in [-0.3, -0.25) is 14.7 Å². The van der Waals surface area contributed by atoms with Gasteiger partial charge >= 0.3 is 6.18 Å². The fourth-order valence-corrected chi connectivity index (χ4v) is 4.06. The summed E-state index contributed by atoms with van der Waals surface area (Å²) >= 11 is 0. The molecule has 4 rings (SSSR count). The first-order valence-corrected chi connectivity index (χ1v) is 10.2. The number of rotatable bonds is 4. The van der Waals surface area contributed by atoms with Crippen molar-refractivity contribution in [1.29, 1.82) is 0 Å². The highest BCUT2D eigenvalue weighted by Crippen LogP contribution is 2.29. The van der Waals surface area contributed by atoms with Crippen molar-refractivity contribution in [3.05, 3.63) is 65.9 Å². The molecule has 0 N–H and O–H groups in total. The summed E-state index contributed by atoms with van der Waals surface area (Å²) in [5, 5.41) is 0. The second-order valence-electron chi connectivity index (χ2n) is 8.04. The van der Waals surface area contributed by atoms with Crippen molar-refractivity contribution in [3.63, 3.8) is 0 Å². The summed E-state index contributed by atoms with van der Waals surface area (Å²) in [7, 11) is 0. The molecule has 0 spiro atoms. The quantitative estimate of drug-likeness (QED) is 0.636. The predicted molar refractivity (Wildman–Crippen MR) is 109 cm³/mol. The second-order valence-corrected chi connectivity index (χ2v) is 8.04. The van der Waals surface area contributed by atoms with Crippen LogP contribution in [0.5, 0.6) is 0 Å². The Balaban J connectivity index is 1.48. The molecule has 1 unspecified atom stereocenters. The third kappa shape index (κ3) is 5.22. The van der Waals surface area contributed by atoms with E-state index in [9.17, 15) is 18.0 Å². The lowest BCUT2D eigenvalue weighted by atomic mass is 10.0. The fourth-order valence-electron chi connectivity index (χ4n) is 4.06. The van der Waals surface area contributed by atoms with Crippen molar-refractivity contribution in [2.45, 2.75) is 26.1 Å². The Labute approximate surface area is 178 Å². The van der Waals surface area contributed by atoms with Crippen LogP contribution in [0, 0.1) is 5.92 Å². The maximum absolute atomic E-state index is 12.8. The van der Waals surface area contributed by atoms with E-state index in [2.05, 4.69) is 14.9 Å². The van der Waals surface area contributed by atoms with E-state index in [1.165, 1.54) is 12.1 Å². The molecule has 0 radical (unpaired) electrons. The van der Waals surface area contributed by atoms with Gasteiger partial charge in [-0.2, -0.15) is 13.2 Å². The molecule has 1 amide bonds. The van der Waals surface area contributed by atoms with Gasteiger partial charge in [0.15, 0.2) is 5.65 Å². The molecule has 3 aromatic rings. The standard InChI is InChI=1S/C22H24F3N5O/c1-16(31)29-9-8-28(12-17-2-4-19(5-3-17)22(23,24)25)13-18(14-29)10-20-15-30-7-6-26-21(30)11-27-20/h2-7,11,15,18H,8-10,12-14H2,1H3. The normalized spacial score (nSPS) is 18.3. The zero-order valence-corrected chi connectivity index (χ0v) is 17.2. The van der Waals surface area contributed by atoms with E-state index < -0.39 is 11.7 Å². The van der Waals surface area contributed by atoms with E-state index in [4.69, 9.17) is 0 Å². The lowest BCUT2D eigenvalue weighted by Gasteiger charge is -2.24. The van der Waals surface area contributed by atoms with Crippen molar-refractivity contribution >= 4 is 11.6 Å². The van der Waals surface area contributed by atoms with Gasteiger partial charge in [-0.15, -0.1) is 0 Å². The zero-order valence-electron chi connectivity index (χ0n) is 17.2. The number of amides is 1. The molecule has 1 atom stereocenters. The number of fused-ring (bicyclic) bond motifs is 1. The number of alkyl halides is 3. The first-order valence-electron chi connectivity index (χ1n) is 10.2. The Morgan fingerprint density at radius 1 is 1.13 bits per heavy atom. The number of hydrogen-bond donors (Lipinski definition) is 0. The average Bonchev–Trinajstić information content (AvgIpc) is 3.08. The highest BCUT2D eigenvalue weighted by Gasteiger charge is 2.30. The van der Waals surface area contributed by atoms with Crippen molar-refractivity contribution < 1.29 is 18.0 Å². The summed E-state index contributed by atoms with van der Waals surface area (Å²) in [5.74, 6) is 0.189. The lowest BCUT2D eigenvalue weighted by molar-refractivity contribution is -0.137. The van der Waals surface area contributed by atoms with Gasteiger partial charge in [-0.1, -0.05) is 12.1 Å². The van der Waals surface area contributed by atoms with Crippen LogP contribution >= 0.6 is 0 Å². The summed E-state index contributed by atoms with van der Waals surface area (Å²) in [6.07, 6.45) is 3.63. The summed E-state index contributed by atoms with van der Waals surface area (Å²) in [4.78, 5) is 24.8. The largest absolute Gasteiger partial charge is 0.416 e. The summed E-state index contributed by atoms with van der Waals surface area (Å²) in [6.45, 7) is 4.73. The Bertz CT molecular complexity index is 1050. The number of hydrogen-bond acceptors (Lipinski definition) is 4. The summed E-state index contributed by atoms with van der Waals surface area (Å²) in [5.41, 5.74) is 1.86. The predicted octanol–water partition coefficient (Wildman–Crippen LogP) is 3.27. The molecular weight excluding hydrogens is 407 g/mol. The Hall–Kier alpha value is -2.94. The molecule has 31 heavy (non-hydrogen) atoms. The number of nitrogens with zero attached hydrogens (tertiary/aromatic N) is 5. The van der Waals surface area contributed by atoms with E-state index in [0.29, 0.717) is 32.6 Å². The molecule has 0 aliphatic carbocycles. The van der Waals surface area contributed by atoms with Gasteiger partial charge in [0.25, 0.3) is 0 Å². The van der Waals surface area contributed by atoms with Crippen LogP contribution in [0.1, 0.15) is 23.7 Å². The molecule has 9 heteroatoms. The number of carbonyl (C=O) groups excluding carboxylic acids is 1. The molecule has 1 aliphatic rings. The van der Waals surface area contributed by atoms with Crippen LogP contribution in [0.3, 0.4) is 0 Å². The van der Waals surface area contributed by atoms with Gasteiger partial charge in [0.2, 0.25) is 5.91 Å². The SMILES string of the molecule is CC(=O)N1CCN(Cc2ccc(C(F)(F)F)cc2)CC(Cc2cn3ccnc3cn2)C1. The van der Waals surface area contributed by atoms with Crippen molar-refractivity contribution in [3.8, 4) is 0 Å². The first-order chi connectivity index (χ1) is 14.8. The molecule has 164 valence electrons. The van der Waals surface area contributed by atoms with E-state index in [-0.39, 0.29) is 11.8 Å². The second kappa shape index (κ2) is 8.66. The number of halogens is 3. The molecule has 0 bridgehead atoms. The highest BCUT2D eigenvalue weighted by atomic mass is 19.4. The molecule has 1 fully saturated rings. The zero-order chi connectivity index (χ0) is 22.0. The van der Waals surface area contributed by atoms with Crippen LogP contribution in [-0.4, -0.2) is 56.3 Å². The Morgan fingerprint density at radius 2 is 1.90 bits per heavy atom. The summed E-state index contributed by atoms with van der Waals surface area (Å²) in [6, 6.07) is 5.30. The maximum Gasteiger partial charge on any atom is 0.416 e. The minimum atomic E-state index is -4.34. The Kier molecular flexibility index (Phi) is 5.95. The van der Waals surface area contributed by atoms with E-state index in [1.807, 2.05) is 21.7 Å².